The number of ether oxygens (including phenoxy) is 1. The summed E-state index contributed by atoms with van der Waals surface area (Å²) in [6, 6.07) is 5.61. The molecule has 2 heterocycles. The number of anilines is 1. The minimum absolute atomic E-state index is 0.195. The van der Waals surface area contributed by atoms with Crippen molar-refractivity contribution in [2.24, 2.45) is 11.8 Å². The molecule has 0 aliphatic carbocycles. The molecule has 3 amide bonds. The van der Waals surface area contributed by atoms with Crippen LogP contribution in [0.5, 0.6) is 0 Å². The minimum atomic E-state index is -0.753. The lowest BCUT2D eigenvalue weighted by Gasteiger charge is -2.19. The molecular formula is C19H25N3O4S2. The molecule has 7 nitrogen and oxygen atoms in total. The van der Waals surface area contributed by atoms with Gasteiger partial charge in [-0.2, -0.15) is 0 Å². The van der Waals surface area contributed by atoms with E-state index in [1.807, 2.05) is 12.1 Å². The Kier molecular flexibility index (Phi) is 6.77. The standard InChI is InChI=1S/C19H25N3O4S2/c1-4-26-19(25)22-16(24)12-7-8-27-18(12)21-15(23)11-5-6-14-13(9-11)20-17(28-14)10(2)3/h5-6,9-10,12,17-18,20H,4,7-8H2,1-3H3,(H,21,23)(H,22,24,25). The fraction of sp³-hybridized carbons (Fsp3) is 0.526. The second-order valence-corrected chi connectivity index (χ2v) is 9.44. The van der Waals surface area contributed by atoms with Gasteiger partial charge in [-0.05, 0) is 43.2 Å². The number of benzene rings is 1. The van der Waals surface area contributed by atoms with Crippen LogP contribution in [0.3, 0.4) is 0 Å². The zero-order valence-corrected chi connectivity index (χ0v) is 17.7. The number of amides is 3. The fourth-order valence-corrected chi connectivity index (χ4v) is 5.53. The van der Waals surface area contributed by atoms with E-state index in [0.29, 0.717) is 23.3 Å². The average molecular weight is 424 g/mol. The largest absolute Gasteiger partial charge is 0.450 e. The lowest BCUT2D eigenvalue weighted by Crippen LogP contribution is -2.44. The Bertz CT molecular complexity index is 772. The number of carbonyl (C=O) groups excluding carboxylic acids is 3. The number of fused-ring (bicyclic) bond motifs is 1. The molecule has 1 aromatic rings. The maximum Gasteiger partial charge on any atom is 0.413 e. The third kappa shape index (κ3) is 4.75. The number of nitrogens with one attached hydrogen (secondary N) is 3. The van der Waals surface area contributed by atoms with Crippen LogP contribution >= 0.6 is 23.5 Å². The Hall–Kier alpha value is -1.87. The summed E-state index contributed by atoms with van der Waals surface area (Å²) >= 11 is 3.28. The third-order valence-corrected chi connectivity index (χ3v) is 7.40. The molecule has 28 heavy (non-hydrogen) atoms. The molecule has 0 bridgehead atoms. The van der Waals surface area contributed by atoms with Crippen LogP contribution in [0, 0.1) is 11.8 Å². The molecule has 0 saturated carbocycles. The van der Waals surface area contributed by atoms with Gasteiger partial charge in [-0.25, -0.2) is 4.79 Å². The van der Waals surface area contributed by atoms with E-state index in [2.05, 4.69) is 29.8 Å². The Morgan fingerprint density at radius 2 is 2.11 bits per heavy atom. The van der Waals surface area contributed by atoms with Gasteiger partial charge in [0.1, 0.15) is 0 Å². The van der Waals surface area contributed by atoms with E-state index in [0.717, 1.165) is 16.3 Å². The number of carbonyl (C=O) groups is 3. The summed E-state index contributed by atoms with van der Waals surface area (Å²) in [5.41, 5.74) is 1.51. The molecule has 152 valence electrons. The van der Waals surface area contributed by atoms with E-state index in [1.165, 1.54) is 11.8 Å². The van der Waals surface area contributed by atoms with Crippen molar-refractivity contribution in [1.82, 2.24) is 10.6 Å². The van der Waals surface area contributed by atoms with Crippen molar-refractivity contribution in [3.05, 3.63) is 23.8 Å². The third-order valence-electron chi connectivity index (χ3n) is 4.60. The summed E-state index contributed by atoms with van der Waals surface area (Å²) in [7, 11) is 0. The summed E-state index contributed by atoms with van der Waals surface area (Å²) in [6.45, 7) is 6.18. The topological polar surface area (TPSA) is 96.5 Å². The Morgan fingerprint density at radius 1 is 1.32 bits per heavy atom. The second-order valence-electron chi connectivity index (χ2n) is 7.01. The maximum atomic E-state index is 12.7. The predicted octanol–water partition coefficient (Wildman–Crippen LogP) is 3.27. The first-order chi connectivity index (χ1) is 13.4. The molecule has 3 rings (SSSR count). The van der Waals surface area contributed by atoms with Gasteiger partial charge in [0.2, 0.25) is 5.91 Å². The van der Waals surface area contributed by atoms with E-state index >= 15 is 0 Å². The van der Waals surface area contributed by atoms with E-state index in [4.69, 9.17) is 4.74 Å². The van der Waals surface area contributed by atoms with Gasteiger partial charge in [-0.1, -0.05) is 25.6 Å². The lowest BCUT2D eigenvalue weighted by atomic mass is 10.1. The molecule has 1 saturated heterocycles. The van der Waals surface area contributed by atoms with E-state index in [9.17, 15) is 14.4 Å². The van der Waals surface area contributed by atoms with Gasteiger partial charge in [-0.3, -0.25) is 14.9 Å². The maximum absolute atomic E-state index is 12.7. The fourth-order valence-electron chi connectivity index (χ4n) is 3.08. The summed E-state index contributed by atoms with van der Waals surface area (Å²) < 4.78 is 4.75. The highest BCUT2D eigenvalue weighted by atomic mass is 32.2. The van der Waals surface area contributed by atoms with Gasteiger partial charge in [0.05, 0.1) is 23.3 Å². The lowest BCUT2D eigenvalue weighted by molar-refractivity contribution is -0.124. The highest BCUT2D eigenvalue weighted by Gasteiger charge is 2.36. The van der Waals surface area contributed by atoms with Crippen LogP contribution in [-0.2, 0) is 9.53 Å². The van der Waals surface area contributed by atoms with Crippen LogP contribution in [0.25, 0.3) is 0 Å². The monoisotopic (exact) mass is 423 g/mol. The predicted molar refractivity (Wildman–Crippen MR) is 112 cm³/mol. The van der Waals surface area contributed by atoms with Crippen molar-refractivity contribution in [3.8, 4) is 0 Å². The van der Waals surface area contributed by atoms with Gasteiger partial charge < -0.3 is 15.4 Å². The number of rotatable bonds is 5. The SMILES string of the molecule is CCOC(=O)NC(=O)C1CCSC1NC(=O)c1ccc2c(c1)NC(C(C)C)S2. The smallest absolute Gasteiger partial charge is 0.413 e. The molecule has 3 N–H and O–H groups in total. The first-order valence-corrected chi connectivity index (χ1v) is 11.3. The van der Waals surface area contributed by atoms with Crippen LogP contribution in [0.2, 0.25) is 0 Å². The minimum Gasteiger partial charge on any atom is -0.450 e. The molecule has 3 unspecified atom stereocenters. The van der Waals surface area contributed by atoms with Gasteiger partial charge >= 0.3 is 6.09 Å². The highest BCUT2D eigenvalue weighted by Crippen LogP contribution is 2.41. The van der Waals surface area contributed by atoms with Crippen molar-refractivity contribution < 1.29 is 19.1 Å². The highest BCUT2D eigenvalue weighted by molar-refractivity contribution is 8.00. The van der Waals surface area contributed by atoms with E-state index in [-0.39, 0.29) is 17.9 Å². The summed E-state index contributed by atoms with van der Waals surface area (Å²) in [5.74, 6) is 0.108. The number of hydrogen-bond acceptors (Lipinski definition) is 7. The zero-order valence-electron chi connectivity index (χ0n) is 16.1. The van der Waals surface area contributed by atoms with Gasteiger partial charge in [0, 0.05) is 16.1 Å². The molecule has 9 heteroatoms. The molecule has 3 atom stereocenters. The zero-order chi connectivity index (χ0) is 20.3. The Balaban J connectivity index is 1.62. The number of thioether (sulfide) groups is 2. The van der Waals surface area contributed by atoms with Crippen LogP contribution in [0.1, 0.15) is 37.6 Å². The molecule has 0 aromatic heterocycles. The van der Waals surface area contributed by atoms with Crippen LogP contribution in [0.4, 0.5) is 10.5 Å². The number of imide groups is 1. The normalized spacial score (nSPS) is 23.1. The van der Waals surface area contributed by atoms with Crippen molar-refractivity contribution in [1.29, 1.82) is 0 Å². The number of alkyl carbamates (subject to hydrolysis) is 1. The second kappa shape index (κ2) is 9.09. The molecule has 1 aromatic carbocycles. The molecule has 1 fully saturated rings. The molecule has 0 spiro atoms. The van der Waals surface area contributed by atoms with Crippen LogP contribution in [-0.4, -0.2) is 41.0 Å². The van der Waals surface area contributed by atoms with Gasteiger partial charge in [0.15, 0.2) is 0 Å². The van der Waals surface area contributed by atoms with E-state index < -0.39 is 17.9 Å². The molecule has 0 radical (unpaired) electrons. The molecular weight excluding hydrogens is 398 g/mol. The van der Waals surface area contributed by atoms with Crippen LogP contribution < -0.4 is 16.0 Å². The van der Waals surface area contributed by atoms with Crippen molar-refractivity contribution >= 4 is 47.1 Å². The summed E-state index contributed by atoms with van der Waals surface area (Å²) in [4.78, 5) is 37.7. The average Bonchev–Trinajstić information content (AvgIpc) is 3.27. The van der Waals surface area contributed by atoms with Crippen molar-refractivity contribution in [3.63, 3.8) is 0 Å². The van der Waals surface area contributed by atoms with Gasteiger partial charge in [0.25, 0.3) is 5.91 Å². The number of hydrogen-bond donors (Lipinski definition) is 3. The molecule has 2 aliphatic rings. The Morgan fingerprint density at radius 3 is 2.82 bits per heavy atom. The van der Waals surface area contributed by atoms with E-state index in [1.54, 1.807) is 24.8 Å². The van der Waals surface area contributed by atoms with Crippen molar-refractivity contribution in [2.75, 3.05) is 17.7 Å². The first-order valence-electron chi connectivity index (χ1n) is 9.36. The molecule has 2 aliphatic heterocycles. The summed E-state index contributed by atoms with van der Waals surface area (Å²) in [6.07, 6.45) is -0.157. The first kappa shape index (κ1) is 20.9. The summed E-state index contributed by atoms with van der Waals surface area (Å²) in [5, 5.41) is 8.54. The van der Waals surface area contributed by atoms with Gasteiger partial charge in [-0.15, -0.1) is 11.8 Å². The quantitative estimate of drug-likeness (QED) is 0.669. The Labute approximate surface area is 173 Å². The van der Waals surface area contributed by atoms with Crippen molar-refractivity contribution in [2.45, 2.75) is 42.8 Å². The van der Waals surface area contributed by atoms with Crippen LogP contribution in [0.15, 0.2) is 23.1 Å².